The predicted molar refractivity (Wildman–Crippen MR) is 61.9 cm³/mol. The summed E-state index contributed by atoms with van der Waals surface area (Å²) in [6.45, 7) is 0. The highest BCUT2D eigenvalue weighted by Gasteiger charge is 2.26. The number of allylic oxidation sites excluding steroid dienone is 4. The Labute approximate surface area is 90.2 Å². The molecule has 0 bridgehead atoms. The molecule has 3 aliphatic rings. The second-order valence-electron chi connectivity index (χ2n) is 4.40. The molecule has 78 valence electrons. The Kier molecular flexibility index (Phi) is 1.94. The maximum Gasteiger partial charge on any atom is 0.0718 e. The van der Waals surface area contributed by atoms with Gasteiger partial charge in [0.05, 0.1) is 6.04 Å². The zero-order valence-electron chi connectivity index (χ0n) is 8.79. The first-order valence-corrected chi connectivity index (χ1v) is 5.70. The second-order valence-corrected chi connectivity index (χ2v) is 4.40. The van der Waals surface area contributed by atoms with Crippen LogP contribution in [0.4, 0.5) is 0 Å². The van der Waals surface area contributed by atoms with Gasteiger partial charge >= 0.3 is 0 Å². The molecule has 3 rings (SSSR count). The maximum atomic E-state index is 6.24. The van der Waals surface area contributed by atoms with Crippen molar-refractivity contribution in [3.63, 3.8) is 0 Å². The van der Waals surface area contributed by atoms with Gasteiger partial charge in [-0.3, -0.25) is 0 Å². The fraction of sp³-hybridized carbons (Fsp3) is 0.385. The average molecular weight is 200 g/mol. The van der Waals surface area contributed by atoms with Crippen LogP contribution in [0.25, 0.3) is 0 Å². The minimum Gasteiger partial charge on any atom is -0.398 e. The summed E-state index contributed by atoms with van der Waals surface area (Å²) in [5, 5.41) is 3.59. The molecule has 0 aromatic carbocycles. The largest absolute Gasteiger partial charge is 0.398 e. The van der Waals surface area contributed by atoms with Gasteiger partial charge in [-0.05, 0) is 31.3 Å². The zero-order chi connectivity index (χ0) is 10.3. The van der Waals surface area contributed by atoms with Crippen LogP contribution in [0, 0.1) is 0 Å². The minimum atomic E-state index is 0.312. The number of hydrogen-bond donors (Lipinski definition) is 2. The highest BCUT2D eigenvalue weighted by molar-refractivity contribution is 5.51. The molecular weight excluding hydrogens is 184 g/mol. The van der Waals surface area contributed by atoms with E-state index in [2.05, 4.69) is 29.6 Å². The van der Waals surface area contributed by atoms with Crippen LogP contribution in [0.1, 0.15) is 25.7 Å². The molecular formula is C13H16N2. The van der Waals surface area contributed by atoms with Gasteiger partial charge in [-0.15, -0.1) is 0 Å². The molecule has 2 nitrogen and oxygen atoms in total. The van der Waals surface area contributed by atoms with E-state index in [4.69, 9.17) is 5.73 Å². The summed E-state index contributed by atoms with van der Waals surface area (Å²) in [6, 6.07) is 0.312. The van der Waals surface area contributed by atoms with Gasteiger partial charge in [0.25, 0.3) is 0 Å². The molecule has 3 N–H and O–H groups in total. The molecule has 2 aliphatic carbocycles. The lowest BCUT2D eigenvalue weighted by Gasteiger charge is -2.33. The smallest absolute Gasteiger partial charge is 0.0718 e. The molecule has 0 radical (unpaired) electrons. The van der Waals surface area contributed by atoms with E-state index >= 15 is 0 Å². The van der Waals surface area contributed by atoms with Gasteiger partial charge in [0, 0.05) is 17.0 Å². The topological polar surface area (TPSA) is 38.0 Å². The first-order valence-electron chi connectivity index (χ1n) is 5.70. The van der Waals surface area contributed by atoms with Gasteiger partial charge < -0.3 is 11.1 Å². The minimum absolute atomic E-state index is 0.312. The Morgan fingerprint density at radius 3 is 3.00 bits per heavy atom. The fourth-order valence-electron chi connectivity index (χ4n) is 2.65. The normalized spacial score (nSPS) is 28.7. The van der Waals surface area contributed by atoms with Crippen molar-refractivity contribution in [2.24, 2.45) is 5.73 Å². The first-order chi connectivity index (χ1) is 7.36. The number of nitrogens with two attached hydrogens (primary N) is 1. The zero-order valence-corrected chi connectivity index (χ0v) is 8.79. The third kappa shape index (κ3) is 1.32. The standard InChI is InChI=1S/C13H16N2/c14-13-9-5-1-3-7-11(9)15-12-8-4-2-6-10(12)13/h1,3,5,7,11,15H,2,4,6,8,14H2. The third-order valence-corrected chi connectivity index (χ3v) is 3.46. The van der Waals surface area contributed by atoms with Gasteiger partial charge in [-0.25, -0.2) is 0 Å². The fourth-order valence-corrected chi connectivity index (χ4v) is 2.65. The van der Waals surface area contributed by atoms with Crippen LogP contribution in [0.2, 0.25) is 0 Å². The van der Waals surface area contributed by atoms with Crippen molar-refractivity contribution in [2.75, 3.05) is 0 Å². The summed E-state index contributed by atoms with van der Waals surface area (Å²) >= 11 is 0. The molecule has 1 atom stereocenters. The molecule has 0 aromatic rings. The highest BCUT2D eigenvalue weighted by atomic mass is 15.0. The average Bonchev–Trinajstić information content (AvgIpc) is 2.30. The lowest BCUT2D eigenvalue weighted by atomic mass is 9.85. The van der Waals surface area contributed by atoms with Gasteiger partial charge in [0.2, 0.25) is 0 Å². The molecule has 0 spiro atoms. The number of nitrogens with one attached hydrogen (secondary N) is 1. The molecule has 1 unspecified atom stereocenters. The van der Waals surface area contributed by atoms with E-state index < -0.39 is 0 Å². The molecule has 1 heterocycles. The third-order valence-electron chi connectivity index (χ3n) is 3.46. The number of dihydropyridines is 1. The van der Waals surface area contributed by atoms with Crippen molar-refractivity contribution < 1.29 is 0 Å². The Morgan fingerprint density at radius 1 is 1.20 bits per heavy atom. The van der Waals surface area contributed by atoms with E-state index in [1.165, 1.54) is 29.7 Å². The van der Waals surface area contributed by atoms with Gasteiger partial charge in [-0.1, -0.05) is 24.3 Å². The van der Waals surface area contributed by atoms with Crippen molar-refractivity contribution in [3.05, 3.63) is 46.8 Å². The van der Waals surface area contributed by atoms with Crippen molar-refractivity contribution >= 4 is 0 Å². The Morgan fingerprint density at radius 2 is 2.07 bits per heavy atom. The Bertz CT molecular complexity index is 410. The van der Waals surface area contributed by atoms with E-state index in [9.17, 15) is 0 Å². The van der Waals surface area contributed by atoms with E-state index in [-0.39, 0.29) is 0 Å². The van der Waals surface area contributed by atoms with Gasteiger partial charge in [0.1, 0.15) is 0 Å². The van der Waals surface area contributed by atoms with Crippen LogP contribution in [0.3, 0.4) is 0 Å². The molecule has 0 saturated heterocycles. The Balaban J connectivity index is 2.07. The molecule has 0 aromatic heterocycles. The van der Waals surface area contributed by atoms with Gasteiger partial charge in [0.15, 0.2) is 0 Å². The molecule has 0 saturated carbocycles. The number of rotatable bonds is 0. The summed E-state index contributed by atoms with van der Waals surface area (Å²) in [5.74, 6) is 0. The highest BCUT2D eigenvalue weighted by Crippen LogP contribution is 2.33. The SMILES string of the molecule is NC1=C2C=CC=CC2NC2=C1CCCC2. The van der Waals surface area contributed by atoms with Gasteiger partial charge in [-0.2, -0.15) is 0 Å². The summed E-state index contributed by atoms with van der Waals surface area (Å²) in [6.07, 6.45) is 13.3. The van der Waals surface area contributed by atoms with E-state index in [0.717, 1.165) is 18.5 Å². The van der Waals surface area contributed by atoms with Crippen LogP contribution in [0.15, 0.2) is 46.8 Å². The summed E-state index contributed by atoms with van der Waals surface area (Å²) in [7, 11) is 0. The maximum absolute atomic E-state index is 6.24. The monoisotopic (exact) mass is 200 g/mol. The van der Waals surface area contributed by atoms with Crippen LogP contribution in [-0.4, -0.2) is 6.04 Å². The van der Waals surface area contributed by atoms with Crippen molar-refractivity contribution in [2.45, 2.75) is 31.7 Å². The summed E-state index contributed by atoms with van der Waals surface area (Å²) in [4.78, 5) is 0. The summed E-state index contributed by atoms with van der Waals surface area (Å²) in [5.41, 5.74) is 11.3. The van der Waals surface area contributed by atoms with E-state index in [0.29, 0.717) is 6.04 Å². The van der Waals surface area contributed by atoms with Crippen molar-refractivity contribution in [3.8, 4) is 0 Å². The van der Waals surface area contributed by atoms with Crippen molar-refractivity contribution in [1.29, 1.82) is 0 Å². The summed E-state index contributed by atoms with van der Waals surface area (Å²) < 4.78 is 0. The number of hydrogen-bond acceptors (Lipinski definition) is 2. The van der Waals surface area contributed by atoms with Crippen LogP contribution < -0.4 is 11.1 Å². The van der Waals surface area contributed by atoms with E-state index in [1.807, 2.05) is 0 Å². The molecule has 0 amide bonds. The lowest BCUT2D eigenvalue weighted by molar-refractivity contribution is 0.588. The van der Waals surface area contributed by atoms with Crippen LogP contribution in [0.5, 0.6) is 0 Å². The van der Waals surface area contributed by atoms with Crippen LogP contribution >= 0.6 is 0 Å². The molecule has 15 heavy (non-hydrogen) atoms. The quantitative estimate of drug-likeness (QED) is 0.628. The first kappa shape index (κ1) is 8.84. The number of fused-ring (bicyclic) bond motifs is 1. The predicted octanol–water partition coefficient (Wildman–Crippen LogP) is 2.13. The molecule has 2 heteroatoms. The van der Waals surface area contributed by atoms with E-state index in [1.54, 1.807) is 0 Å². The second kappa shape index (κ2) is 3.30. The van der Waals surface area contributed by atoms with Crippen LogP contribution in [-0.2, 0) is 0 Å². The Hall–Kier alpha value is -1.44. The molecule has 0 fully saturated rings. The molecule has 1 aliphatic heterocycles. The van der Waals surface area contributed by atoms with Crippen molar-refractivity contribution in [1.82, 2.24) is 5.32 Å². The lowest BCUT2D eigenvalue weighted by Crippen LogP contribution is -2.37.